The Bertz CT molecular complexity index is 679. The molecule has 0 aliphatic rings. The number of halogens is 1. The minimum atomic E-state index is 0.536. The van der Waals surface area contributed by atoms with Gasteiger partial charge in [0.1, 0.15) is 5.75 Å². The molecule has 1 aromatic heterocycles. The molecule has 0 saturated carbocycles. The van der Waals surface area contributed by atoms with Crippen molar-refractivity contribution in [2.24, 2.45) is 0 Å². The van der Waals surface area contributed by atoms with Gasteiger partial charge in [-0.3, -0.25) is 0 Å². The highest BCUT2D eigenvalue weighted by molar-refractivity contribution is 9.10. The van der Waals surface area contributed by atoms with Crippen molar-refractivity contribution in [1.82, 2.24) is 4.98 Å². The fourth-order valence-corrected chi connectivity index (χ4v) is 1.85. The molecule has 0 radical (unpaired) electrons. The molecule has 1 heterocycles. The highest BCUT2D eigenvalue weighted by Gasteiger charge is 1.99. The molecule has 0 amide bonds. The molecule has 2 nitrogen and oxygen atoms in total. The van der Waals surface area contributed by atoms with Gasteiger partial charge in [-0.1, -0.05) is 47.3 Å². The molecule has 3 heteroatoms. The summed E-state index contributed by atoms with van der Waals surface area (Å²) in [6.45, 7) is 7.57. The summed E-state index contributed by atoms with van der Waals surface area (Å²) in [4.78, 5) is 4.19. The summed E-state index contributed by atoms with van der Waals surface area (Å²) >= 11 is 3.40. The molecule has 0 atom stereocenters. The van der Waals surface area contributed by atoms with Gasteiger partial charge in [-0.05, 0) is 28.6 Å². The number of nitrogens with zero attached hydrogens (tertiary/aromatic N) is 1. The van der Waals surface area contributed by atoms with Crippen molar-refractivity contribution in [3.8, 4) is 11.6 Å². The van der Waals surface area contributed by atoms with Crippen LogP contribution in [0, 0.1) is 0 Å². The minimum Gasteiger partial charge on any atom is -0.439 e. The van der Waals surface area contributed by atoms with Gasteiger partial charge in [0.15, 0.2) is 0 Å². The van der Waals surface area contributed by atoms with Crippen LogP contribution in [0.15, 0.2) is 53.7 Å². The molecular weight excluding hydrogens is 290 g/mol. The number of hydrogen-bond donors (Lipinski definition) is 0. The van der Waals surface area contributed by atoms with Crippen LogP contribution < -0.4 is 15.2 Å². The fourth-order valence-electron chi connectivity index (χ4n) is 1.47. The van der Waals surface area contributed by atoms with Crippen LogP contribution in [0.3, 0.4) is 0 Å². The summed E-state index contributed by atoms with van der Waals surface area (Å²) < 4.78 is 6.64. The smallest absolute Gasteiger partial charge is 0.219 e. The zero-order valence-electron chi connectivity index (χ0n) is 9.77. The topological polar surface area (TPSA) is 22.1 Å². The molecule has 2 rings (SSSR count). The summed E-state index contributed by atoms with van der Waals surface area (Å²) in [6, 6.07) is 9.45. The third-order valence-electron chi connectivity index (χ3n) is 2.31. The largest absolute Gasteiger partial charge is 0.439 e. The van der Waals surface area contributed by atoms with Gasteiger partial charge in [0.25, 0.3) is 0 Å². The second kappa shape index (κ2) is 5.65. The predicted molar refractivity (Wildman–Crippen MR) is 77.9 cm³/mol. The monoisotopic (exact) mass is 301 g/mol. The lowest BCUT2D eigenvalue weighted by molar-refractivity contribution is 0.462. The summed E-state index contributed by atoms with van der Waals surface area (Å²) in [7, 11) is 0. The molecule has 18 heavy (non-hydrogen) atoms. The average molecular weight is 302 g/mol. The van der Waals surface area contributed by atoms with Gasteiger partial charge in [-0.15, -0.1) is 0 Å². The summed E-state index contributed by atoms with van der Waals surface area (Å²) in [5.41, 5.74) is 0. The molecule has 0 unspecified atom stereocenters. The maximum atomic E-state index is 5.68. The molecule has 0 aliphatic heterocycles. The second-order valence-electron chi connectivity index (χ2n) is 3.68. The Kier molecular flexibility index (Phi) is 3.95. The first-order chi connectivity index (χ1) is 8.69. The molecule has 0 bridgehead atoms. The number of benzene rings is 1. The predicted octanol–water partition coefficient (Wildman–Crippen LogP) is 3.01. The van der Waals surface area contributed by atoms with Gasteiger partial charge in [0, 0.05) is 16.7 Å². The molecule has 0 saturated heterocycles. The number of hydrogen-bond acceptors (Lipinski definition) is 2. The lowest BCUT2D eigenvalue weighted by Crippen LogP contribution is -2.23. The highest BCUT2D eigenvalue weighted by atomic mass is 79.9. The molecule has 0 spiro atoms. The number of aromatic nitrogens is 1. The van der Waals surface area contributed by atoms with E-state index in [0.717, 1.165) is 20.7 Å². The van der Waals surface area contributed by atoms with Gasteiger partial charge in [-0.25, -0.2) is 4.98 Å². The molecule has 90 valence electrons. The lowest BCUT2D eigenvalue weighted by Gasteiger charge is -2.04. The van der Waals surface area contributed by atoms with E-state index in [4.69, 9.17) is 4.74 Å². The highest BCUT2D eigenvalue weighted by Crippen LogP contribution is 2.21. The van der Waals surface area contributed by atoms with Crippen LogP contribution >= 0.6 is 15.9 Å². The standard InChI is InChI=1S/C15H12BrNO/c1-3-5-12-8-15(17-10-11(12)2)18-14-7-4-6-13(16)9-14/h3-10H,1-2H2/b12-5-. The van der Waals surface area contributed by atoms with E-state index in [1.54, 1.807) is 12.3 Å². The molecule has 0 fully saturated rings. The third-order valence-corrected chi connectivity index (χ3v) is 2.81. The first-order valence-electron chi connectivity index (χ1n) is 5.40. The van der Waals surface area contributed by atoms with Crippen molar-refractivity contribution in [1.29, 1.82) is 0 Å². The van der Waals surface area contributed by atoms with E-state index in [1.807, 2.05) is 36.4 Å². The van der Waals surface area contributed by atoms with Crippen molar-refractivity contribution in [2.45, 2.75) is 0 Å². The lowest BCUT2D eigenvalue weighted by atomic mass is 10.3. The van der Waals surface area contributed by atoms with E-state index in [2.05, 4.69) is 34.1 Å². The van der Waals surface area contributed by atoms with E-state index in [1.165, 1.54) is 0 Å². The normalized spacial score (nSPS) is 11.3. The van der Waals surface area contributed by atoms with Gasteiger partial charge < -0.3 is 4.74 Å². The molecule has 0 N–H and O–H groups in total. The fraction of sp³-hybridized carbons (Fsp3) is 0. The molecule has 1 aromatic carbocycles. The first kappa shape index (κ1) is 12.6. The zero-order chi connectivity index (χ0) is 13.0. The van der Waals surface area contributed by atoms with Gasteiger partial charge in [0.2, 0.25) is 5.88 Å². The van der Waals surface area contributed by atoms with Crippen LogP contribution in [0.1, 0.15) is 0 Å². The SMILES string of the molecule is C=C/C=c1/cc(Oc2cccc(Br)c2)ncc1=C. The first-order valence-corrected chi connectivity index (χ1v) is 6.19. The quantitative estimate of drug-likeness (QED) is 0.869. The number of rotatable bonds is 3. The summed E-state index contributed by atoms with van der Waals surface area (Å²) in [5, 5.41) is 1.79. The van der Waals surface area contributed by atoms with Crippen LogP contribution in [0.2, 0.25) is 0 Å². The van der Waals surface area contributed by atoms with Crippen molar-refractivity contribution < 1.29 is 4.74 Å². The Labute approximate surface area is 114 Å². The Hall–Kier alpha value is -1.87. The van der Waals surface area contributed by atoms with Gasteiger partial charge >= 0.3 is 0 Å². The summed E-state index contributed by atoms with van der Waals surface area (Å²) in [5.74, 6) is 1.27. The average Bonchev–Trinajstić information content (AvgIpc) is 2.34. The van der Waals surface area contributed by atoms with E-state index >= 15 is 0 Å². The number of ether oxygens (including phenoxy) is 1. The zero-order valence-corrected chi connectivity index (χ0v) is 11.4. The Morgan fingerprint density at radius 2 is 2.11 bits per heavy atom. The number of pyridine rings is 1. The molecular formula is C15H12BrNO. The molecule has 2 aromatic rings. The van der Waals surface area contributed by atoms with Crippen LogP contribution in [0.4, 0.5) is 0 Å². The van der Waals surface area contributed by atoms with Gasteiger partial charge in [0.05, 0.1) is 0 Å². The van der Waals surface area contributed by atoms with Crippen LogP contribution in [0.5, 0.6) is 11.6 Å². The van der Waals surface area contributed by atoms with E-state index in [-0.39, 0.29) is 0 Å². The summed E-state index contributed by atoms with van der Waals surface area (Å²) in [6.07, 6.45) is 5.27. The van der Waals surface area contributed by atoms with Crippen LogP contribution in [-0.2, 0) is 0 Å². The third kappa shape index (κ3) is 3.08. The van der Waals surface area contributed by atoms with Crippen molar-refractivity contribution in [3.05, 3.63) is 64.1 Å². The van der Waals surface area contributed by atoms with Crippen molar-refractivity contribution in [3.63, 3.8) is 0 Å². The van der Waals surface area contributed by atoms with E-state index in [9.17, 15) is 0 Å². The second-order valence-corrected chi connectivity index (χ2v) is 4.60. The van der Waals surface area contributed by atoms with Crippen molar-refractivity contribution in [2.75, 3.05) is 0 Å². The van der Waals surface area contributed by atoms with Crippen LogP contribution in [0.25, 0.3) is 12.7 Å². The Morgan fingerprint density at radius 1 is 1.28 bits per heavy atom. The van der Waals surface area contributed by atoms with Gasteiger partial charge in [-0.2, -0.15) is 0 Å². The number of allylic oxidation sites excluding steroid dienone is 1. The Morgan fingerprint density at radius 3 is 2.83 bits per heavy atom. The van der Waals surface area contributed by atoms with E-state index < -0.39 is 0 Å². The minimum absolute atomic E-state index is 0.536. The van der Waals surface area contributed by atoms with E-state index in [0.29, 0.717) is 5.88 Å². The maximum Gasteiger partial charge on any atom is 0.219 e. The molecule has 0 aliphatic carbocycles. The Balaban J connectivity index is 2.36. The van der Waals surface area contributed by atoms with Crippen molar-refractivity contribution >= 4 is 28.6 Å². The van der Waals surface area contributed by atoms with Crippen LogP contribution in [-0.4, -0.2) is 4.98 Å². The maximum absolute atomic E-state index is 5.68.